The highest BCUT2D eigenvalue weighted by Crippen LogP contribution is 2.28. The van der Waals surface area contributed by atoms with Gasteiger partial charge in [-0.3, -0.25) is 4.68 Å². The lowest BCUT2D eigenvalue weighted by atomic mass is 10.1. The van der Waals surface area contributed by atoms with Crippen molar-refractivity contribution in [1.29, 1.82) is 0 Å². The van der Waals surface area contributed by atoms with Gasteiger partial charge < -0.3 is 10.4 Å². The number of aryl methyl sites for hydroxylation is 2. The Balaban J connectivity index is 2.15. The van der Waals surface area contributed by atoms with Gasteiger partial charge in [-0.2, -0.15) is 0 Å². The number of benzene rings is 1. The van der Waals surface area contributed by atoms with Crippen LogP contribution in [0.1, 0.15) is 16.8 Å². The van der Waals surface area contributed by atoms with Crippen LogP contribution < -0.4 is 5.32 Å². The van der Waals surface area contributed by atoms with Gasteiger partial charge in [0.1, 0.15) is 5.75 Å². The maximum Gasteiger partial charge on any atom is 0.123 e. The number of aromatic hydroxyl groups is 1. The van der Waals surface area contributed by atoms with E-state index in [4.69, 9.17) is 0 Å². The molecular weight excluding hydrogens is 216 g/mol. The quantitative estimate of drug-likeness (QED) is 0.846. The third-order valence-electron chi connectivity index (χ3n) is 2.90. The van der Waals surface area contributed by atoms with Crippen molar-refractivity contribution in [1.82, 2.24) is 15.0 Å². The summed E-state index contributed by atoms with van der Waals surface area (Å²) in [6, 6.07) is 3.86. The molecule has 2 aromatic rings. The van der Waals surface area contributed by atoms with Crippen molar-refractivity contribution >= 4 is 5.69 Å². The number of anilines is 1. The molecule has 1 aromatic heterocycles. The Kier molecular flexibility index (Phi) is 2.99. The third kappa shape index (κ3) is 2.22. The first-order chi connectivity index (χ1) is 8.09. The van der Waals surface area contributed by atoms with Gasteiger partial charge in [-0.1, -0.05) is 11.3 Å². The van der Waals surface area contributed by atoms with Crippen LogP contribution in [0.5, 0.6) is 5.75 Å². The van der Waals surface area contributed by atoms with Gasteiger partial charge in [-0.25, -0.2) is 0 Å². The first kappa shape index (κ1) is 11.4. The number of hydrogen-bond acceptors (Lipinski definition) is 4. The zero-order valence-electron chi connectivity index (χ0n) is 10.2. The Bertz CT molecular complexity index is 533. The summed E-state index contributed by atoms with van der Waals surface area (Å²) < 4.78 is 1.72. The molecule has 0 bridgehead atoms. The van der Waals surface area contributed by atoms with Crippen molar-refractivity contribution in [3.63, 3.8) is 0 Å². The zero-order chi connectivity index (χ0) is 12.4. The van der Waals surface area contributed by atoms with Crippen molar-refractivity contribution in [3.05, 3.63) is 35.2 Å². The number of phenols is 1. The molecule has 5 nitrogen and oxygen atoms in total. The monoisotopic (exact) mass is 232 g/mol. The van der Waals surface area contributed by atoms with Crippen molar-refractivity contribution in [2.45, 2.75) is 20.4 Å². The van der Waals surface area contributed by atoms with Crippen LogP contribution in [0, 0.1) is 13.8 Å². The summed E-state index contributed by atoms with van der Waals surface area (Å²) in [5.74, 6) is 0.345. The maximum atomic E-state index is 9.83. The summed E-state index contributed by atoms with van der Waals surface area (Å²) in [4.78, 5) is 0. The second-order valence-electron chi connectivity index (χ2n) is 4.11. The highest BCUT2D eigenvalue weighted by atomic mass is 16.3. The third-order valence-corrected chi connectivity index (χ3v) is 2.90. The lowest BCUT2D eigenvalue weighted by Gasteiger charge is -2.12. The summed E-state index contributed by atoms with van der Waals surface area (Å²) in [6.45, 7) is 4.41. The molecule has 0 aliphatic carbocycles. The molecule has 0 aliphatic heterocycles. The molecule has 17 heavy (non-hydrogen) atoms. The van der Waals surface area contributed by atoms with Crippen LogP contribution in [0.25, 0.3) is 0 Å². The number of aromatic nitrogens is 3. The molecule has 0 spiro atoms. The Morgan fingerprint density at radius 2 is 2.12 bits per heavy atom. The average Bonchev–Trinajstić information content (AvgIpc) is 2.71. The van der Waals surface area contributed by atoms with Crippen molar-refractivity contribution < 1.29 is 5.11 Å². The number of rotatable bonds is 3. The molecule has 1 heterocycles. The van der Waals surface area contributed by atoms with E-state index in [0.717, 1.165) is 22.5 Å². The molecule has 0 unspecified atom stereocenters. The van der Waals surface area contributed by atoms with Gasteiger partial charge >= 0.3 is 0 Å². The van der Waals surface area contributed by atoms with Gasteiger partial charge in [0, 0.05) is 18.3 Å². The highest BCUT2D eigenvalue weighted by molar-refractivity contribution is 5.59. The van der Waals surface area contributed by atoms with Crippen LogP contribution in [-0.2, 0) is 13.6 Å². The number of nitrogens with one attached hydrogen (secondary N) is 1. The first-order valence-corrected chi connectivity index (χ1v) is 5.46. The molecule has 0 saturated heterocycles. The average molecular weight is 232 g/mol. The minimum atomic E-state index is 0.345. The second kappa shape index (κ2) is 4.45. The van der Waals surface area contributed by atoms with Gasteiger partial charge in [0.05, 0.1) is 18.4 Å². The molecule has 0 fully saturated rings. The van der Waals surface area contributed by atoms with E-state index < -0.39 is 0 Å². The molecule has 0 aliphatic rings. The summed E-state index contributed by atoms with van der Waals surface area (Å²) in [5, 5.41) is 20.8. The molecule has 0 atom stereocenters. The standard InChI is InChI=1S/C12H16N4O/c1-8-4-5-11(9(2)12(8)17)13-6-10-7-14-15-16(10)3/h4-5,7,13,17H,6H2,1-3H3. The molecular formula is C12H16N4O. The first-order valence-electron chi connectivity index (χ1n) is 5.46. The predicted molar refractivity (Wildman–Crippen MR) is 65.9 cm³/mol. The highest BCUT2D eigenvalue weighted by Gasteiger charge is 2.06. The largest absolute Gasteiger partial charge is 0.507 e. The van der Waals surface area contributed by atoms with Crippen molar-refractivity contribution in [3.8, 4) is 5.75 Å². The van der Waals surface area contributed by atoms with Crippen LogP contribution in [-0.4, -0.2) is 20.1 Å². The fourth-order valence-corrected chi connectivity index (χ4v) is 1.68. The van der Waals surface area contributed by atoms with Crippen molar-refractivity contribution in [2.24, 2.45) is 7.05 Å². The van der Waals surface area contributed by atoms with Gasteiger partial charge in [0.2, 0.25) is 0 Å². The Labute approximate surface area is 100 Å². The normalized spacial score (nSPS) is 10.5. The van der Waals surface area contributed by atoms with E-state index in [-0.39, 0.29) is 0 Å². The molecule has 5 heteroatoms. The van der Waals surface area contributed by atoms with E-state index in [1.807, 2.05) is 33.0 Å². The number of nitrogens with zero attached hydrogens (tertiary/aromatic N) is 3. The summed E-state index contributed by atoms with van der Waals surface area (Å²) in [5.41, 5.74) is 3.66. The number of phenolic OH excluding ortho intramolecular Hbond substituents is 1. The van der Waals surface area contributed by atoms with E-state index in [0.29, 0.717) is 12.3 Å². The minimum Gasteiger partial charge on any atom is -0.507 e. The van der Waals surface area contributed by atoms with Gasteiger partial charge in [0.15, 0.2) is 0 Å². The minimum absolute atomic E-state index is 0.345. The van der Waals surface area contributed by atoms with Crippen LogP contribution >= 0.6 is 0 Å². The van der Waals surface area contributed by atoms with Gasteiger partial charge in [0.25, 0.3) is 0 Å². The Morgan fingerprint density at radius 1 is 1.35 bits per heavy atom. The van der Waals surface area contributed by atoms with Crippen LogP contribution in [0.4, 0.5) is 5.69 Å². The molecule has 90 valence electrons. The molecule has 0 amide bonds. The summed E-state index contributed by atoms with van der Waals surface area (Å²) in [7, 11) is 1.85. The SMILES string of the molecule is Cc1ccc(NCc2cnnn2C)c(C)c1O. The van der Waals surface area contributed by atoms with Crippen LogP contribution in [0.3, 0.4) is 0 Å². The lowest BCUT2D eigenvalue weighted by Crippen LogP contribution is -2.06. The predicted octanol–water partition coefficient (Wildman–Crippen LogP) is 1.75. The fourth-order valence-electron chi connectivity index (χ4n) is 1.68. The maximum absolute atomic E-state index is 9.83. The van der Waals surface area contributed by atoms with E-state index in [1.165, 1.54) is 0 Å². The van der Waals surface area contributed by atoms with E-state index in [1.54, 1.807) is 10.9 Å². The summed E-state index contributed by atoms with van der Waals surface area (Å²) in [6.07, 6.45) is 1.72. The topological polar surface area (TPSA) is 63.0 Å². The Hall–Kier alpha value is -2.04. The number of hydrogen-bond donors (Lipinski definition) is 2. The van der Waals surface area contributed by atoms with Crippen LogP contribution in [0.2, 0.25) is 0 Å². The van der Waals surface area contributed by atoms with E-state index in [9.17, 15) is 5.11 Å². The Morgan fingerprint density at radius 3 is 2.76 bits per heavy atom. The zero-order valence-corrected chi connectivity index (χ0v) is 10.2. The van der Waals surface area contributed by atoms with Gasteiger partial charge in [-0.15, -0.1) is 5.10 Å². The van der Waals surface area contributed by atoms with Gasteiger partial charge in [-0.05, 0) is 25.5 Å². The smallest absolute Gasteiger partial charge is 0.123 e. The lowest BCUT2D eigenvalue weighted by molar-refractivity contribution is 0.467. The van der Waals surface area contributed by atoms with Crippen molar-refractivity contribution in [2.75, 3.05) is 5.32 Å². The van der Waals surface area contributed by atoms with E-state index >= 15 is 0 Å². The second-order valence-corrected chi connectivity index (χ2v) is 4.11. The fraction of sp³-hybridized carbons (Fsp3) is 0.333. The molecule has 0 saturated carbocycles. The van der Waals surface area contributed by atoms with Crippen LogP contribution in [0.15, 0.2) is 18.3 Å². The molecule has 0 radical (unpaired) electrons. The molecule has 1 aromatic carbocycles. The summed E-state index contributed by atoms with van der Waals surface area (Å²) >= 11 is 0. The molecule has 2 rings (SSSR count). The molecule has 2 N–H and O–H groups in total. The van der Waals surface area contributed by atoms with E-state index in [2.05, 4.69) is 15.6 Å².